The molecule has 0 saturated carbocycles. The Morgan fingerprint density at radius 2 is 1.93 bits per heavy atom. The first-order chi connectivity index (χ1) is 13.9. The largest absolute Gasteiger partial charge is 0.491 e. The zero-order valence-electron chi connectivity index (χ0n) is 18.3. The summed E-state index contributed by atoms with van der Waals surface area (Å²) in [6.45, 7) is 5.63. The second kappa shape index (κ2) is 9.76. The Bertz CT molecular complexity index is 889. The van der Waals surface area contributed by atoms with E-state index in [4.69, 9.17) is 9.47 Å². The molecule has 0 spiro atoms. The number of rotatable bonds is 3. The lowest BCUT2D eigenvalue weighted by Crippen LogP contribution is -2.48. The first-order valence-corrected chi connectivity index (χ1v) is 11.6. The van der Waals surface area contributed by atoms with Gasteiger partial charge in [-0.05, 0) is 31.0 Å². The molecule has 2 rings (SSSR count). The maximum atomic E-state index is 13.1. The van der Waals surface area contributed by atoms with Gasteiger partial charge < -0.3 is 19.7 Å². The molecule has 0 saturated heterocycles. The first kappa shape index (κ1) is 24.1. The Balaban J connectivity index is 2.50. The van der Waals surface area contributed by atoms with E-state index in [-0.39, 0.29) is 49.1 Å². The van der Waals surface area contributed by atoms with E-state index < -0.39 is 16.1 Å². The third-order valence-electron chi connectivity index (χ3n) is 5.13. The zero-order chi connectivity index (χ0) is 22.6. The summed E-state index contributed by atoms with van der Waals surface area (Å²) in [5.74, 6) is -0.369. The van der Waals surface area contributed by atoms with Gasteiger partial charge in [-0.1, -0.05) is 6.92 Å². The van der Waals surface area contributed by atoms with E-state index in [0.29, 0.717) is 11.4 Å². The van der Waals surface area contributed by atoms with Crippen molar-refractivity contribution >= 4 is 27.5 Å². The second-order valence-corrected chi connectivity index (χ2v) is 9.76. The molecule has 168 valence electrons. The van der Waals surface area contributed by atoms with Crippen molar-refractivity contribution in [2.45, 2.75) is 32.9 Å². The highest BCUT2D eigenvalue weighted by atomic mass is 32.2. The van der Waals surface area contributed by atoms with Crippen LogP contribution in [0.3, 0.4) is 0 Å². The van der Waals surface area contributed by atoms with Crippen molar-refractivity contribution in [1.29, 1.82) is 0 Å². The highest BCUT2D eigenvalue weighted by molar-refractivity contribution is 7.88. The number of carbonyl (C=O) groups is 2. The van der Waals surface area contributed by atoms with Crippen molar-refractivity contribution < 1.29 is 27.5 Å². The summed E-state index contributed by atoms with van der Waals surface area (Å²) in [4.78, 5) is 26.1. The number of likely N-dealkylation sites (N-methyl/N-ethyl adjacent to an activating group) is 1. The fraction of sp³-hybridized carbons (Fsp3) is 0.600. The Kier molecular flexibility index (Phi) is 7.84. The summed E-state index contributed by atoms with van der Waals surface area (Å²) in [6, 6.07) is 4.35. The molecule has 10 heteroatoms. The standard InChI is InChI=1S/C20H31N3O6S/c1-13-10-23(30(6,26)27)14(2)12-29-18-8-7-16(21-15(3)24)9-17(18)20(25)22(4)11-19(13)28-5/h7-9,13-14,19H,10-12H2,1-6H3,(H,21,24)/t13-,14-,19-/m1/s1. The van der Waals surface area contributed by atoms with E-state index in [2.05, 4.69) is 5.32 Å². The van der Waals surface area contributed by atoms with Crippen molar-refractivity contribution in [3.8, 4) is 5.75 Å². The number of fused-ring (bicyclic) bond motifs is 1. The van der Waals surface area contributed by atoms with Gasteiger partial charge in [0.2, 0.25) is 15.9 Å². The molecule has 0 aliphatic carbocycles. The van der Waals surface area contributed by atoms with Crippen molar-refractivity contribution in [3.05, 3.63) is 23.8 Å². The van der Waals surface area contributed by atoms with Gasteiger partial charge in [0.25, 0.3) is 5.91 Å². The number of benzene rings is 1. The molecule has 0 unspecified atom stereocenters. The molecule has 0 bridgehead atoms. The van der Waals surface area contributed by atoms with Gasteiger partial charge in [0.05, 0.1) is 24.0 Å². The Hall–Kier alpha value is -2.17. The second-order valence-electron chi connectivity index (χ2n) is 7.82. The van der Waals surface area contributed by atoms with E-state index in [9.17, 15) is 18.0 Å². The van der Waals surface area contributed by atoms with Crippen LogP contribution < -0.4 is 10.1 Å². The van der Waals surface area contributed by atoms with Crippen LogP contribution in [0.15, 0.2) is 18.2 Å². The van der Waals surface area contributed by atoms with Gasteiger partial charge in [-0.2, -0.15) is 4.31 Å². The van der Waals surface area contributed by atoms with Crippen LogP contribution in [0, 0.1) is 5.92 Å². The van der Waals surface area contributed by atoms with Crippen molar-refractivity contribution in [3.63, 3.8) is 0 Å². The van der Waals surface area contributed by atoms with Crippen LogP contribution in [-0.4, -0.2) is 81.7 Å². The lowest BCUT2D eigenvalue weighted by Gasteiger charge is -2.34. The number of ether oxygens (including phenoxy) is 2. The summed E-state index contributed by atoms with van der Waals surface area (Å²) in [7, 11) is -0.282. The molecule has 1 heterocycles. The molecule has 9 nitrogen and oxygen atoms in total. The van der Waals surface area contributed by atoms with Gasteiger partial charge in [-0.25, -0.2) is 8.42 Å². The van der Waals surface area contributed by atoms with E-state index >= 15 is 0 Å². The topological polar surface area (TPSA) is 105 Å². The van der Waals surface area contributed by atoms with Gasteiger partial charge >= 0.3 is 0 Å². The van der Waals surface area contributed by atoms with Crippen molar-refractivity contribution in [2.75, 3.05) is 45.4 Å². The molecule has 1 aliphatic heterocycles. The van der Waals surface area contributed by atoms with Crippen LogP contribution in [0.4, 0.5) is 5.69 Å². The summed E-state index contributed by atoms with van der Waals surface area (Å²) in [5, 5.41) is 2.66. The van der Waals surface area contributed by atoms with Crippen LogP contribution in [0.25, 0.3) is 0 Å². The van der Waals surface area contributed by atoms with Crippen LogP contribution in [0.1, 0.15) is 31.1 Å². The molecule has 1 aromatic carbocycles. The first-order valence-electron chi connectivity index (χ1n) is 9.73. The lowest BCUT2D eigenvalue weighted by atomic mass is 10.0. The smallest absolute Gasteiger partial charge is 0.257 e. The van der Waals surface area contributed by atoms with Crippen molar-refractivity contribution in [2.24, 2.45) is 5.92 Å². The third kappa shape index (κ3) is 5.93. The van der Waals surface area contributed by atoms with Gasteiger partial charge in [0.1, 0.15) is 12.4 Å². The highest BCUT2D eigenvalue weighted by Crippen LogP contribution is 2.26. The molecule has 3 atom stereocenters. The van der Waals surface area contributed by atoms with Crippen LogP contribution in [0.2, 0.25) is 0 Å². The van der Waals surface area contributed by atoms with E-state index in [1.165, 1.54) is 22.4 Å². The minimum atomic E-state index is -3.48. The normalized spacial score (nSPS) is 24.3. The van der Waals surface area contributed by atoms with E-state index in [0.717, 1.165) is 0 Å². The van der Waals surface area contributed by atoms with E-state index in [1.807, 2.05) is 6.92 Å². The van der Waals surface area contributed by atoms with Crippen molar-refractivity contribution in [1.82, 2.24) is 9.21 Å². The summed E-state index contributed by atoms with van der Waals surface area (Å²) < 4.78 is 37.6. The minimum Gasteiger partial charge on any atom is -0.491 e. The molecular weight excluding hydrogens is 410 g/mol. The lowest BCUT2D eigenvalue weighted by molar-refractivity contribution is -0.114. The molecule has 0 aromatic heterocycles. The zero-order valence-corrected chi connectivity index (χ0v) is 19.2. The Labute approximate surface area is 178 Å². The number of nitrogens with zero attached hydrogens (tertiary/aromatic N) is 2. The fourth-order valence-corrected chi connectivity index (χ4v) is 4.71. The monoisotopic (exact) mass is 441 g/mol. The number of nitrogens with one attached hydrogen (secondary N) is 1. The Morgan fingerprint density at radius 1 is 1.27 bits per heavy atom. The van der Waals surface area contributed by atoms with E-state index in [1.54, 1.807) is 39.3 Å². The highest BCUT2D eigenvalue weighted by Gasteiger charge is 2.31. The number of sulfonamides is 1. The molecule has 1 N–H and O–H groups in total. The molecule has 2 amide bonds. The predicted molar refractivity (Wildman–Crippen MR) is 114 cm³/mol. The molecule has 30 heavy (non-hydrogen) atoms. The Morgan fingerprint density at radius 3 is 2.50 bits per heavy atom. The summed E-state index contributed by atoms with van der Waals surface area (Å²) in [6.07, 6.45) is 0.811. The molecular formula is C20H31N3O6S. The molecule has 1 aromatic rings. The number of methoxy groups -OCH3 is 1. The summed E-state index contributed by atoms with van der Waals surface area (Å²) in [5.41, 5.74) is 0.756. The number of hydrogen-bond donors (Lipinski definition) is 1. The number of carbonyl (C=O) groups excluding carboxylic acids is 2. The predicted octanol–water partition coefficient (Wildman–Crippen LogP) is 1.41. The van der Waals surface area contributed by atoms with Crippen LogP contribution in [0.5, 0.6) is 5.75 Å². The number of anilines is 1. The minimum absolute atomic E-state index is 0.0704. The van der Waals surface area contributed by atoms with Gasteiger partial charge in [0.15, 0.2) is 0 Å². The third-order valence-corrected chi connectivity index (χ3v) is 6.49. The molecule has 0 fully saturated rings. The van der Waals surface area contributed by atoms with Crippen LogP contribution >= 0.6 is 0 Å². The maximum absolute atomic E-state index is 13.1. The van der Waals surface area contributed by atoms with Gasteiger partial charge in [0, 0.05) is 39.9 Å². The number of hydrogen-bond acceptors (Lipinski definition) is 6. The quantitative estimate of drug-likeness (QED) is 0.760. The number of amides is 2. The maximum Gasteiger partial charge on any atom is 0.257 e. The van der Waals surface area contributed by atoms with Gasteiger partial charge in [-0.15, -0.1) is 0 Å². The molecule has 1 aliphatic rings. The average molecular weight is 442 g/mol. The SMILES string of the molecule is CO[C@@H]1CN(C)C(=O)c2cc(NC(C)=O)ccc2OC[C@@H](C)N(S(C)(=O)=O)C[C@H]1C. The average Bonchev–Trinajstić information content (AvgIpc) is 2.65. The van der Waals surface area contributed by atoms with Crippen LogP contribution in [-0.2, 0) is 19.6 Å². The summed E-state index contributed by atoms with van der Waals surface area (Å²) >= 11 is 0. The van der Waals surface area contributed by atoms with Gasteiger partial charge in [-0.3, -0.25) is 9.59 Å². The fourth-order valence-electron chi connectivity index (χ4n) is 3.49. The molecule has 0 radical (unpaired) electrons.